The molecule has 2 aromatic carbocycles. The van der Waals surface area contributed by atoms with E-state index in [0.717, 1.165) is 19.3 Å². The van der Waals surface area contributed by atoms with E-state index < -0.39 is 33.3 Å². The van der Waals surface area contributed by atoms with Crippen LogP contribution in [0.25, 0.3) is 0 Å². The summed E-state index contributed by atoms with van der Waals surface area (Å²) in [6, 6.07) is 21.9. The van der Waals surface area contributed by atoms with Gasteiger partial charge >= 0.3 is 0 Å². The van der Waals surface area contributed by atoms with Gasteiger partial charge in [-0.1, -0.05) is 174 Å². The van der Waals surface area contributed by atoms with Crippen LogP contribution in [-0.4, -0.2) is 58.2 Å². The van der Waals surface area contributed by atoms with Crippen molar-refractivity contribution >= 4 is 43.6 Å². The average Bonchev–Trinajstić information content (AvgIpc) is 3.03. The van der Waals surface area contributed by atoms with Crippen LogP contribution in [0, 0.1) is 0 Å². The van der Waals surface area contributed by atoms with Crippen molar-refractivity contribution in [1.29, 1.82) is 0 Å². The van der Waals surface area contributed by atoms with Gasteiger partial charge in [-0.05, 0) is 89.1 Å². The van der Waals surface area contributed by atoms with E-state index in [1.807, 2.05) is 6.08 Å². The second-order valence-corrected chi connectivity index (χ2v) is 39.7. The van der Waals surface area contributed by atoms with Gasteiger partial charge in [0.2, 0.25) is 0 Å². The smallest absolute Gasteiger partial charge is 0.261 e. The molecule has 2 rings (SSSR count). The zero-order valence-electron chi connectivity index (χ0n) is 38.6. The van der Waals surface area contributed by atoms with Gasteiger partial charge in [0.1, 0.15) is 0 Å². The summed E-state index contributed by atoms with van der Waals surface area (Å²) in [5.41, 5.74) is 0. The molecular formula is C47H82O4Si4. The summed E-state index contributed by atoms with van der Waals surface area (Å²) >= 11 is 0. The molecule has 0 aliphatic rings. The van der Waals surface area contributed by atoms with E-state index >= 15 is 0 Å². The van der Waals surface area contributed by atoms with Gasteiger partial charge in [-0.2, -0.15) is 0 Å². The topological polar surface area (TPSA) is 36.9 Å². The first-order chi connectivity index (χ1) is 25.0. The summed E-state index contributed by atoms with van der Waals surface area (Å²) in [5.74, 6) is 0. The lowest BCUT2D eigenvalue weighted by atomic mass is 10.1. The summed E-state index contributed by atoms with van der Waals surface area (Å²) in [6.07, 6.45) is 13.3. The van der Waals surface area contributed by atoms with Gasteiger partial charge in [0, 0.05) is 0 Å². The highest BCUT2D eigenvalue weighted by molar-refractivity contribution is 6.99. The van der Waals surface area contributed by atoms with Crippen molar-refractivity contribution in [3.63, 3.8) is 0 Å². The fourth-order valence-corrected chi connectivity index (χ4v) is 14.6. The standard InChI is InChI=1S/C47H82O4Si4/c1-20-29-39(49-52(14,15)44(2,3)4)30-27-31-40(50-53(16,17)45(5,6)7)32-28-33-41(51-54(18,19)46(8,9)10)38-48-55(47(11,12)13,42-34-23-21-24-35-42)43-36-25-22-26-37-43/h20-28,30,32,34-37,39-41H,1,29,31,33,38H2,2-19H3/b30-27+,32-28+/t39-,40-,41+/m1/s1. The first-order valence-electron chi connectivity index (χ1n) is 20.7. The van der Waals surface area contributed by atoms with Gasteiger partial charge < -0.3 is 17.7 Å². The molecule has 0 saturated heterocycles. The molecule has 0 aromatic heterocycles. The first kappa shape index (κ1) is 49.5. The van der Waals surface area contributed by atoms with Crippen LogP contribution in [0.4, 0.5) is 0 Å². The Labute approximate surface area is 344 Å². The highest BCUT2D eigenvalue weighted by Crippen LogP contribution is 2.41. The van der Waals surface area contributed by atoms with Gasteiger partial charge in [-0.25, -0.2) is 0 Å². The maximum Gasteiger partial charge on any atom is 0.261 e. The molecule has 8 heteroatoms. The van der Waals surface area contributed by atoms with Crippen LogP contribution >= 0.6 is 0 Å². The number of hydrogen-bond acceptors (Lipinski definition) is 4. The second kappa shape index (κ2) is 19.4. The Morgan fingerprint density at radius 1 is 0.509 bits per heavy atom. The van der Waals surface area contributed by atoms with Crippen molar-refractivity contribution < 1.29 is 17.7 Å². The van der Waals surface area contributed by atoms with Crippen LogP contribution < -0.4 is 10.4 Å². The minimum atomic E-state index is -2.74. The molecule has 0 unspecified atom stereocenters. The fraction of sp³-hybridized carbons (Fsp3) is 0.617. The van der Waals surface area contributed by atoms with Crippen LogP contribution in [0.2, 0.25) is 59.4 Å². The van der Waals surface area contributed by atoms with Gasteiger partial charge in [0.25, 0.3) is 8.32 Å². The Morgan fingerprint density at radius 2 is 0.873 bits per heavy atom. The van der Waals surface area contributed by atoms with Gasteiger partial charge in [-0.3, -0.25) is 0 Å². The van der Waals surface area contributed by atoms with E-state index in [2.05, 4.69) is 214 Å². The normalized spacial score (nSPS) is 16.1. The van der Waals surface area contributed by atoms with E-state index in [4.69, 9.17) is 17.7 Å². The molecule has 3 atom stereocenters. The Hall–Kier alpha value is -1.63. The molecule has 0 amide bonds. The van der Waals surface area contributed by atoms with Gasteiger partial charge in [0.15, 0.2) is 25.0 Å². The SMILES string of the molecule is C=CC[C@H](/C=C/C[C@H](/C=C/C[C@@H](CO[Si](c1ccccc1)(c1ccccc1)C(C)(C)C)O[Si](C)(C)C(C)(C)C)O[Si](C)(C)C(C)(C)C)O[Si](C)(C)C(C)(C)C. The molecular weight excluding hydrogens is 741 g/mol. The number of hydrogen-bond donors (Lipinski definition) is 0. The van der Waals surface area contributed by atoms with Crippen LogP contribution in [0.3, 0.4) is 0 Å². The van der Waals surface area contributed by atoms with Crippen molar-refractivity contribution in [3.05, 3.63) is 97.6 Å². The van der Waals surface area contributed by atoms with E-state index in [1.54, 1.807) is 0 Å². The molecule has 0 fully saturated rings. The Bertz CT molecular complexity index is 1460. The predicted octanol–water partition coefficient (Wildman–Crippen LogP) is 13.2. The molecule has 0 aliphatic carbocycles. The zero-order chi connectivity index (χ0) is 42.2. The van der Waals surface area contributed by atoms with Crippen LogP contribution in [0.15, 0.2) is 97.6 Å². The largest absolute Gasteiger partial charge is 0.411 e. The maximum absolute atomic E-state index is 7.50. The third-order valence-electron chi connectivity index (χ3n) is 12.5. The second-order valence-electron chi connectivity index (χ2n) is 21.2. The van der Waals surface area contributed by atoms with Gasteiger partial charge in [-0.15, -0.1) is 6.58 Å². The molecule has 55 heavy (non-hydrogen) atoms. The minimum absolute atomic E-state index is 0.0110. The molecule has 0 radical (unpaired) electrons. The number of benzene rings is 2. The Balaban J connectivity index is 2.55. The lowest BCUT2D eigenvalue weighted by Gasteiger charge is -2.45. The zero-order valence-corrected chi connectivity index (χ0v) is 42.6. The molecule has 0 saturated carbocycles. The van der Waals surface area contributed by atoms with Crippen LogP contribution in [0.5, 0.6) is 0 Å². The van der Waals surface area contributed by atoms with Crippen molar-refractivity contribution in [1.82, 2.24) is 0 Å². The van der Waals surface area contributed by atoms with Crippen LogP contribution in [-0.2, 0) is 17.7 Å². The van der Waals surface area contributed by atoms with E-state index in [-0.39, 0.29) is 38.5 Å². The highest BCUT2D eigenvalue weighted by Gasteiger charge is 2.51. The van der Waals surface area contributed by atoms with Crippen molar-refractivity contribution in [2.75, 3.05) is 6.61 Å². The summed E-state index contributed by atoms with van der Waals surface area (Å²) in [6.45, 7) is 46.4. The average molecular weight is 824 g/mol. The Kier molecular flexibility index (Phi) is 17.5. The monoisotopic (exact) mass is 823 g/mol. The van der Waals surface area contributed by atoms with Crippen molar-refractivity contribution in [3.8, 4) is 0 Å². The number of rotatable bonds is 19. The molecule has 0 spiro atoms. The third-order valence-corrected chi connectivity index (χ3v) is 31.1. The lowest BCUT2D eigenvalue weighted by molar-refractivity contribution is 0.111. The van der Waals surface area contributed by atoms with E-state index in [0.29, 0.717) is 6.61 Å². The minimum Gasteiger partial charge on any atom is -0.411 e. The summed E-state index contributed by atoms with van der Waals surface area (Å²) in [5, 5.41) is 2.77. The lowest BCUT2D eigenvalue weighted by Crippen LogP contribution is -2.67. The molecule has 0 heterocycles. The molecule has 4 nitrogen and oxygen atoms in total. The quantitative estimate of drug-likeness (QED) is 0.104. The van der Waals surface area contributed by atoms with Crippen LogP contribution in [0.1, 0.15) is 102 Å². The summed E-state index contributed by atoms with van der Waals surface area (Å²) < 4.78 is 28.7. The predicted molar refractivity (Wildman–Crippen MR) is 252 cm³/mol. The highest BCUT2D eigenvalue weighted by atomic mass is 28.4. The molecule has 2 aromatic rings. The fourth-order valence-electron chi connectivity index (χ4n) is 6.08. The summed E-state index contributed by atoms with van der Waals surface area (Å²) in [4.78, 5) is 0. The van der Waals surface area contributed by atoms with Crippen molar-refractivity contribution in [2.24, 2.45) is 0 Å². The summed E-state index contributed by atoms with van der Waals surface area (Å²) in [7, 11) is -8.90. The molecule has 310 valence electrons. The van der Waals surface area contributed by atoms with E-state index in [9.17, 15) is 0 Å². The van der Waals surface area contributed by atoms with Crippen molar-refractivity contribution in [2.45, 2.75) is 180 Å². The molecule has 0 bridgehead atoms. The maximum atomic E-state index is 7.50. The molecule has 0 N–H and O–H groups in total. The third kappa shape index (κ3) is 13.7. The van der Waals surface area contributed by atoms with E-state index in [1.165, 1.54) is 10.4 Å². The molecule has 0 aliphatic heterocycles. The van der Waals surface area contributed by atoms with Gasteiger partial charge in [0.05, 0.1) is 24.9 Å². The Morgan fingerprint density at radius 3 is 1.24 bits per heavy atom. The first-order valence-corrected chi connectivity index (χ1v) is 31.4.